The van der Waals surface area contributed by atoms with Crippen molar-refractivity contribution in [2.24, 2.45) is 0 Å². The van der Waals surface area contributed by atoms with Crippen LogP contribution < -0.4 is 21.5 Å². The molecule has 0 aliphatic carbocycles. The van der Waals surface area contributed by atoms with Gasteiger partial charge in [0.1, 0.15) is 6.04 Å². The maximum atomic E-state index is 11.8. The van der Waals surface area contributed by atoms with Gasteiger partial charge in [-0.2, -0.15) is 0 Å². The number of hydrogen-bond donors (Lipinski definition) is 3. The summed E-state index contributed by atoms with van der Waals surface area (Å²) in [6.07, 6.45) is 0.626. The lowest BCUT2D eigenvalue weighted by Gasteiger charge is -2.16. The minimum atomic E-state index is -1.25. The van der Waals surface area contributed by atoms with Crippen LogP contribution in [0.1, 0.15) is 12.8 Å². The molecule has 0 aliphatic rings. The van der Waals surface area contributed by atoms with Gasteiger partial charge in [0, 0.05) is 6.42 Å². The summed E-state index contributed by atoms with van der Waals surface area (Å²) in [4.78, 5) is 22.8. The molecule has 0 heterocycles. The Kier molecular flexibility index (Phi) is 7.00. The van der Waals surface area contributed by atoms with Gasteiger partial charge in [-0.25, -0.2) is 0 Å². The first-order chi connectivity index (χ1) is 9.54. The molecule has 0 saturated heterocycles. The van der Waals surface area contributed by atoms with Crippen LogP contribution >= 0.6 is 11.6 Å². The quantitative estimate of drug-likeness (QED) is 0.482. The van der Waals surface area contributed by atoms with Gasteiger partial charge in [-0.15, -0.1) is 0 Å². The predicted molar refractivity (Wildman–Crippen MR) is 72.7 cm³/mol. The van der Waals surface area contributed by atoms with Crippen molar-refractivity contribution in [2.45, 2.75) is 18.9 Å². The van der Waals surface area contributed by atoms with Crippen LogP contribution in [0.2, 0.25) is 5.02 Å². The van der Waals surface area contributed by atoms with Crippen LogP contribution in [0.15, 0.2) is 24.3 Å². The van der Waals surface area contributed by atoms with Crippen LogP contribution in [0.3, 0.4) is 0 Å². The highest BCUT2D eigenvalue weighted by Gasteiger charge is 2.18. The van der Waals surface area contributed by atoms with Crippen LogP contribution in [0.5, 0.6) is 0 Å². The van der Waals surface area contributed by atoms with Gasteiger partial charge in [0.15, 0.2) is 0 Å². The van der Waals surface area contributed by atoms with E-state index < -0.39 is 17.9 Å². The number of carbonyl (C=O) groups is 2. The normalized spacial score (nSPS) is 11.9. The number of anilines is 1. The van der Waals surface area contributed by atoms with Crippen molar-refractivity contribution in [2.75, 3.05) is 18.4 Å². The average molecular weight is 301 g/mol. The van der Waals surface area contributed by atoms with Gasteiger partial charge in [0.25, 0.3) is 0 Å². The van der Waals surface area contributed by atoms with Gasteiger partial charge < -0.3 is 26.3 Å². The van der Waals surface area contributed by atoms with Gasteiger partial charge in [-0.05, 0) is 12.1 Å². The predicted octanol–water partition coefficient (Wildman–Crippen LogP) is -2.02. The second-order valence-electron chi connectivity index (χ2n) is 4.39. The molecule has 6 nitrogen and oxygen atoms in total. The van der Waals surface area contributed by atoms with Crippen LogP contribution in [0.4, 0.5) is 5.69 Å². The zero-order valence-corrected chi connectivity index (χ0v) is 11.9. The van der Waals surface area contributed by atoms with E-state index >= 15 is 0 Å². The minimum Gasteiger partial charge on any atom is -0.544 e. The summed E-state index contributed by atoms with van der Waals surface area (Å²) >= 11 is 5.91. The number of nitrogens with two attached hydrogens (primary N) is 1. The van der Waals surface area contributed by atoms with Gasteiger partial charge >= 0.3 is 0 Å². The zero-order valence-electron chi connectivity index (χ0n) is 11.1. The van der Waals surface area contributed by atoms with E-state index in [0.717, 1.165) is 13.0 Å². The molecule has 110 valence electrons. The monoisotopic (exact) mass is 300 g/mol. The standard InChI is InChI=1S/C13H18ClN3O3/c14-9-4-1-2-5-10(9)17-12(18)8-11(13(19)20)16-7-3-6-15/h1-2,4-5,11,16H,3,6-8,15H2,(H,17,18)(H,19,20)/p+1/t11-/m0/s1. The average Bonchev–Trinajstić information content (AvgIpc) is 2.40. The fourth-order valence-electron chi connectivity index (χ4n) is 1.69. The molecule has 1 aromatic carbocycles. The molecule has 0 spiro atoms. The number of halogens is 1. The number of benzene rings is 1. The van der Waals surface area contributed by atoms with Crippen LogP contribution in [-0.2, 0) is 9.59 Å². The van der Waals surface area contributed by atoms with Crippen molar-refractivity contribution in [1.29, 1.82) is 0 Å². The molecule has 1 amide bonds. The molecule has 0 aliphatic heterocycles. The highest BCUT2D eigenvalue weighted by molar-refractivity contribution is 6.33. The fraction of sp³-hybridized carbons (Fsp3) is 0.385. The van der Waals surface area contributed by atoms with Crippen molar-refractivity contribution in [3.8, 4) is 0 Å². The number of carboxylic acid groups (broad SMARTS) is 1. The summed E-state index contributed by atoms with van der Waals surface area (Å²) in [6, 6.07) is 5.88. The first kappa shape index (κ1) is 16.4. The van der Waals surface area contributed by atoms with Gasteiger partial charge in [0.05, 0.1) is 36.2 Å². The summed E-state index contributed by atoms with van der Waals surface area (Å²) in [5.74, 6) is -1.65. The largest absolute Gasteiger partial charge is 0.544 e. The van der Waals surface area contributed by atoms with E-state index in [4.69, 9.17) is 11.6 Å². The van der Waals surface area contributed by atoms with E-state index in [2.05, 4.69) is 11.1 Å². The van der Waals surface area contributed by atoms with E-state index in [1.807, 2.05) is 0 Å². The maximum absolute atomic E-state index is 11.8. The third-order valence-electron chi connectivity index (χ3n) is 2.76. The lowest BCUT2D eigenvalue weighted by molar-refractivity contribution is -0.684. The van der Waals surface area contributed by atoms with E-state index in [1.165, 1.54) is 0 Å². The van der Waals surface area contributed by atoms with Crippen molar-refractivity contribution >= 4 is 29.2 Å². The maximum Gasteiger partial charge on any atom is 0.230 e. The fourth-order valence-corrected chi connectivity index (χ4v) is 1.87. The van der Waals surface area contributed by atoms with Crippen molar-refractivity contribution in [1.82, 2.24) is 0 Å². The first-order valence-corrected chi connectivity index (χ1v) is 6.80. The van der Waals surface area contributed by atoms with E-state index in [0.29, 0.717) is 17.3 Å². The molecule has 0 saturated carbocycles. The molecule has 1 aromatic rings. The molecule has 6 N–H and O–H groups in total. The number of carbonyl (C=O) groups excluding carboxylic acids is 2. The molecule has 0 bridgehead atoms. The molecule has 7 heteroatoms. The summed E-state index contributed by atoms with van der Waals surface area (Å²) in [5.41, 5.74) is 4.14. The molecule has 0 fully saturated rings. The van der Waals surface area contributed by atoms with Gasteiger partial charge in [0.2, 0.25) is 5.91 Å². The van der Waals surface area contributed by atoms with Crippen LogP contribution in [0, 0.1) is 0 Å². The third-order valence-corrected chi connectivity index (χ3v) is 3.09. The van der Waals surface area contributed by atoms with E-state index in [-0.39, 0.29) is 6.42 Å². The van der Waals surface area contributed by atoms with Crippen molar-refractivity contribution in [3.63, 3.8) is 0 Å². The SMILES string of the molecule is [NH3+]CCC[NH2+][C@@H](CC(=O)Nc1ccccc1Cl)C(=O)[O-]. The number of carboxylic acids is 1. The highest BCUT2D eigenvalue weighted by atomic mass is 35.5. The van der Waals surface area contributed by atoms with Crippen molar-refractivity contribution in [3.05, 3.63) is 29.3 Å². The van der Waals surface area contributed by atoms with Gasteiger partial charge in [-0.3, -0.25) is 4.79 Å². The Hall–Kier alpha value is -1.63. The van der Waals surface area contributed by atoms with Gasteiger partial charge in [-0.1, -0.05) is 23.7 Å². The topological polar surface area (TPSA) is 113 Å². The second kappa shape index (κ2) is 8.52. The summed E-state index contributed by atoms with van der Waals surface area (Å²) in [6.45, 7) is 1.32. The molecule has 20 heavy (non-hydrogen) atoms. The number of quaternary nitrogens is 2. The minimum absolute atomic E-state index is 0.162. The number of rotatable bonds is 8. The number of aliphatic carboxylic acids is 1. The van der Waals surface area contributed by atoms with E-state index in [1.54, 1.807) is 29.6 Å². The zero-order chi connectivity index (χ0) is 15.0. The molecule has 0 radical (unpaired) electrons. The molecular formula is C13H19ClN3O3+. The first-order valence-electron chi connectivity index (χ1n) is 6.42. The number of nitrogens with one attached hydrogen (secondary N) is 1. The Morgan fingerprint density at radius 1 is 1.40 bits per heavy atom. The number of para-hydroxylation sites is 1. The molecular weight excluding hydrogens is 282 g/mol. The lowest BCUT2D eigenvalue weighted by atomic mass is 10.2. The summed E-state index contributed by atoms with van der Waals surface area (Å²) in [7, 11) is 0. The molecule has 1 rings (SSSR count). The Balaban J connectivity index is 2.54. The van der Waals surface area contributed by atoms with Crippen LogP contribution in [0.25, 0.3) is 0 Å². The lowest BCUT2D eigenvalue weighted by Crippen LogP contribution is -2.93. The Morgan fingerprint density at radius 3 is 2.70 bits per heavy atom. The summed E-state index contributed by atoms with van der Waals surface area (Å²) in [5, 5.41) is 15.6. The number of amides is 1. The molecule has 0 unspecified atom stereocenters. The Labute approximate surface area is 122 Å². The Morgan fingerprint density at radius 2 is 2.10 bits per heavy atom. The second-order valence-corrected chi connectivity index (χ2v) is 4.80. The smallest absolute Gasteiger partial charge is 0.230 e. The van der Waals surface area contributed by atoms with Crippen LogP contribution in [-0.4, -0.2) is 31.0 Å². The Bertz CT molecular complexity index is 468. The summed E-state index contributed by atoms with van der Waals surface area (Å²) < 4.78 is 0. The molecule has 0 aromatic heterocycles. The molecule has 1 atom stereocenters. The highest BCUT2D eigenvalue weighted by Crippen LogP contribution is 2.20. The number of hydrogen-bond acceptors (Lipinski definition) is 3. The van der Waals surface area contributed by atoms with Crippen molar-refractivity contribution < 1.29 is 25.7 Å². The third kappa shape index (κ3) is 5.56. The van der Waals surface area contributed by atoms with E-state index in [9.17, 15) is 14.7 Å².